The Labute approximate surface area is 176 Å². The Morgan fingerprint density at radius 1 is 1.23 bits per heavy atom. The fourth-order valence-electron chi connectivity index (χ4n) is 2.61. The summed E-state index contributed by atoms with van der Waals surface area (Å²) in [5, 5.41) is 17.1. The number of rotatable bonds is 8. The zero-order valence-electron chi connectivity index (χ0n) is 16.6. The smallest absolute Gasteiger partial charge is 0.328 e. The third-order valence-electron chi connectivity index (χ3n) is 4.17. The molecule has 0 fully saturated rings. The van der Waals surface area contributed by atoms with Crippen LogP contribution in [0.25, 0.3) is 11.4 Å². The number of nitrogens with one attached hydrogen (secondary N) is 1. The largest absolute Gasteiger partial charge is 0.496 e. The van der Waals surface area contributed by atoms with Crippen molar-refractivity contribution < 1.29 is 28.5 Å². The van der Waals surface area contributed by atoms with Gasteiger partial charge in [-0.05, 0) is 25.1 Å². The van der Waals surface area contributed by atoms with E-state index < -0.39 is 22.8 Å². The third kappa shape index (κ3) is 5.21. The second kappa shape index (κ2) is 9.48. The van der Waals surface area contributed by atoms with Gasteiger partial charge in [-0.1, -0.05) is 23.4 Å². The first-order valence-corrected chi connectivity index (χ1v) is 9.07. The Morgan fingerprint density at radius 3 is 2.74 bits per heavy atom. The molecule has 0 bridgehead atoms. The number of para-hydroxylation sites is 1. The van der Waals surface area contributed by atoms with E-state index in [0.717, 1.165) is 6.07 Å². The molecule has 11 heteroatoms. The molecule has 0 unspecified atom stereocenters. The first-order chi connectivity index (χ1) is 14.9. The highest BCUT2D eigenvalue weighted by Crippen LogP contribution is 2.27. The van der Waals surface area contributed by atoms with Gasteiger partial charge in [-0.15, -0.1) is 0 Å². The fourth-order valence-corrected chi connectivity index (χ4v) is 2.61. The lowest BCUT2D eigenvalue weighted by molar-refractivity contribution is -0.384. The molecule has 0 radical (unpaired) electrons. The number of nitro groups is 1. The molecule has 1 aromatic heterocycles. The SMILES string of the molecule is COc1ccccc1-c1noc(COC(=O)[C@H](C)NC(=O)c2cccc([N+](=O)[O-])c2)n1. The number of nitro benzene ring substituents is 1. The minimum Gasteiger partial charge on any atom is -0.496 e. The second-order valence-electron chi connectivity index (χ2n) is 6.32. The predicted molar refractivity (Wildman–Crippen MR) is 106 cm³/mol. The van der Waals surface area contributed by atoms with Gasteiger partial charge in [0.15, 0.2) is 6.61 Å². The van der Waals surface area contributed by atoms with Crippen LogP contribution in [0, 0.1) is 10.1 Å². The van der Waals surface area contributed by atoms with Crippen molar-refractivity contribution in [3.05, 3.63) is 70.1 Å². The molecule has 2 aromatic carbocycles. The van der Waals surface area contributed by atoms with Crippen molar-refractivity contribution in [2.75, 3.05) is 7.11 Å². The van der Waals surface area contributed by atoms with Gasteiger partial charge in [-0.2, -0.15) is 4.98 Å². The van der Waals surface area contributed by atoms with Crippen molar-refractivity contribution in [3.63, 3.8) is 0 Å². The van der Waals surface area contributed by atoms with E-state index in [4.69, 9.17) is 14.0 Å². The van der Waals surface area contributed by atoms with Crippen LogP contribution in [0.5, 0.6) is 5.75 Å². The fraction of sp³-hybridized carbons (Fsp3) is 0.200. The van der Waals surface area contributed by atoms with Gasteiger partial charge in [0.25, 0.3) is 17.5 Å². The summed E-state index contributed by atoms with van der Waals surface area (Å²) < 4.78 is 15.4. The quantitative estimate of drug-likeness (QED) is 0.326. The Bertz CT molecular complexity index is 1110. The van der Waals surface area contributed by atoms with Gasteiger partial charge in [0, 0.05) is 17.7 Å². The topological polar surface area (TPSA) is 147 Å². The molecule has 11 nitrogen and oxygen atoms in total. The molecule has 0 saturated carbocycles. The molecule has 0 aliphatic carbocycles. The molecule has 0 saturated heterocycles. The molecule has 3 aromatic rings. The first kappa shape index (κ1) is 21.4. The highest BCUT2D eigenvalue weighted by molar-refractivity contribution is 5.97. The molecule has 0 aliphatic heterocycles. The number of methoxy groups -OCH3 is 1. The van der Waals surface area contributed by atoms with Crippen LogP contribution in [0.1, 0.15) is 23.2 Å². The minimum absolute atomic E-state index is 0.0483. The Hall–Kier alpha value is -4.28. The van der Waals surface area contributed by atoms with E-state index in [-0.39, 0.29) is 29.6 Å². The first-order valence-electron chi connectivity index (χ1n) is 9.07. The van der Waals surface area contributed by atoms with Crippen LogP contribution in [0.4, 0.5) is 5.69 Å². The summed E-state index contributed by atoms with van der Waals surface area (Å²) in [7, 11) is 1.52. The number of non-ortho nitro benzene ring substituents is 1. The summed E-state index contributed by atoms with van der Waals surface area (Å²) in [6.07, 6.45) is 0. The van der Waals surface area contributed by atoms with Crippen LogP contribution in [0.15, 0.2) is 53.1 Å². The van der Waals surface area contributed by atoms with Crippen LogP contribution >= 0.6 is 0 Å². The van der Waals surface area contributed by atoms with Crippen LogP contribution < -0.4 is 10.1 Å². The molecule has 160 valence electrons. The van der Waals surface area contributed by atoms with E-state index in [0.29, 0.717) is 11.3 Å². The average molecular weight is 426 g/mol. The summed E-state index contributed by atoms with van der Waals surface area (Å²) in [6.45, 7) is 1.13. The highest BCUT2D eigenvalue weighted by Gasteiger charge is 2.21. The Balaban J connectivity index is 1.57. The molecular weight excluding hydrogens is 408 g/mol. The monoisotopic (exact) mass is 426 g/mol. The molecule has 0 aliphatic rings. The molecular formula is C20H18N4O7. The lowest BCUT2D eigenvalue weighted by Gasteiger charge is -2.12. The summed E-state index contributed by atoms with van der Waals surface area (Å²) in [5.41, 5.74) is 0.432. The maximum Gasteiger partial charge on any atom is 0.328 e. The number of amides is 1. The number of nitrogens with zero attached hydrogens (tertiary/aromatic N) is 3. The van der Waals surface area contributed by atoms with Gasteiger partial charge in [-0.3, -0.25) is 14.9 Å². The number of carbonyl (C=O) groups is 2. The number of carbonyl (C=O) groups excluding carboxylic acids is 2. The Morgan fingerprint density at radius 2 is 2.00 bits per heavy atom. The number of benzene rings is 2. The molecule has 1 heterocycles. The number of ether oxygens (including phenoxy) is 2. The van der Waals surface area contributed by atoms with Crippen molar-refractivity contribution in [2.45, 2.75) is 19.6 Å². The maximum atomic E-state index is 12.2. The number of esters is 1. The van der Waals surface area contributed by atoms with E-state index in [9.17, 15) is 19.7 Å². The van der Waals surface area contributed by atoms with Gasteiger partial charge in [-0.25, -0.2) is 4.79 Å². The van der Waals surface area contributed by atoms with Crippen molar-refractivity contribution in [3.8, 4) is 17.1 Å². The number of hydrogen-bond acceptors (Lipinski definition) is 9. The normalized spacial score (nSPS) is 11.4. The summed E-state index contributed by atoms with van der Waals surface area (Å²) in [4.78, 5) is 38.8. The molecule has 1 amide bonds. The van der Waals surface area contributed by atoms with E-state index in [2.05, 4.69) is 15.5 Å². The van der Waals surface area contributed by atoms with Crippen LogP contribution in [-0.2, 0) is 16.1 Å². The van der Waals surface area contributed by atoms with Crippen molar-refractivity contribution in [1.29, 1.82) is 0 Å². The molecule has 0 spiro atoms. The van der Waals surface area contributed by atoms with E-state index in [1.54, 1.807) is 24.3 Å². The zero-order valence-corrected chi connectivity index (χ0v) is 16.6. The van der Waals surface area contributed by atoms with Gasteiger partial charge < -0.3 is 19.3 Å². The van der Waals surface area contributed by atoms with Crippen molar-refractivity contribution >= 4 is 17.6 Å². The molecule has 31 heavy (non-hydrogen) atoms. The van der Waals surface area contributed by atoms with E-state index in [1.807, 2.05) is 0 Å². The molecule has 1 atom stereocenters. The maximum absolute atomic E-state index is 12.2. The molecule has 3 rings (SSSR count). The average Bonchev–Trinajstić information content (AvgIpc) is 3.26. The number of hydrogen-bond donors (Lipinski definition) is 1. The Kier molecular flexibility index (Phi) is 6.55. The van der Waals surface area contributed by atoms with Crippen LogP contribution in [0.2, 0.25) is 0 Å². The predicted octanol–water partition coefficient (Wildman–Crippen LogP) is 2.52. The van der Waals surface area contributed by atoms with Gasteiger partial charge >= 0.3 is 5.97 Å². The lowest BCUT2D eigenvalue weighted by atomic mass is 10.2. The minimum atomic E-state index is -1.01. The highest BCUT2D eigenvalue weighted by atomic mass is 16.6. The lowest BCUT2D eigenvalue weighted by Crippen LogP contribution is -2.39. The standard InChI is InChI=1S/C20H18N4O7/c1-12(21-19(25)13-6-5-7-14(10-13)24(27)28)20(26)30-11-17-22-18(23-31-17)15-8-3-4-9-16(15)29-2/h3-10,12H,11H2,1-2H3,(H,21,25)/t12-/m0/s1. The third-order valence-corrected chi connectivity index (χ3v) is 4.17. The second-order valence-corrected chi connectivity index (χ2v) is 6.32. The summed E-state index contributed by atoms with van der Waals surface area (Å²) in [5.74, 6) is -0.494. The van der Waals surface area contributed by atoms with Crippen LogP contribution in [-0.4, -0.2) is 40.1 Å². The van der Waals surface area contributed by atoms with Crippen LogP contribution in [0.3, 0.4) is 0 Å². The van der Waals surface area contributed by atoms with Gasteiger partial charge in [0.2, 0.25) is 5.82 Å². The van der Waals surface area contributed by atoms with Crippen molar-refractivity contribution in [2.24, 2.45) is 0 Å². The van der Waals surface area contributed by atoms with E-state index in [1.165, 1.54) is 32.2 Å². The molecule has 1 N–H and O–H groups in total. The van der Waals surface area contributed by atoms with E-state index >= 15 is 0 Å². The summed E-state index contributed by atoms with van der Waals surface area (Å²) >= 11 is 0. The zero-order chi connectivity index (χ0) is 22.4. The van der Waals surface area contributed by atoms with Crippen molar-refractivity contribution in [1.82, 2.24) is 15.5 Å². The number of aromatic nitrogens is 2. The van der Waals surface area contributed by atoms with Gasteiger partial charge in [0.05, 0.1) is 17.6 Å². The summed E-state index contributed by atoms with van der Waals surface area (Å²) in [6, 6.07) is 11.2. The van der Waals surface area contributed by atoms with Gasteiger partial charge in [0.1, 0.15) is 11.8 Å².